The van der Waals surface area contributed by atoms with Gasteiger partial charge in [-0.1, -0.05) is 68.7 Å². The molecule has 28 heavy (non-hydrogen) atoms. The maximum atomic E-state index is 3.84. The number of hydrogen-bond donors (Lipinski definition) is 0. The van der Waals surface area contributed by atoms with E-state index in [9.17, 15) is 0 Å². The van der Waals surface area contributed by atoms with E-state index in [1.807, 2.05) is 6.08 Å². The number of rotatable bonds is 6. The molecule has 2 aromatic rings. The van der Waals surface area contributed by atoms with Crippen molar-refractivity contribution in [2.75, 3.05) is 0 Å². The normalized spacial score (nSPS) is 28.3. The standard InChI is InChI=1S/C28H38/c1-3-5-6-22-9-12-28-20-27(18-17-26(28)19-22)25-15-13-24(14-16-25)23-10-7-21(4-2)8-11-23/h3,9,12,17-21,23-25H,1,4-8,10-11,13-16H2,2H3. The summed E-state index contributed by atoms with van der Waals surface area (Å²) in [7, 11) is 0. The van der Waals surface area contributed by atoms with Crippen LogP contribution in [-0.4, -0.2) is 0 Å². The predicted molar refractivity (Wildman–Crippen MR) is 123 cm³/mol. The molecular weight excluding hydrogens is 336 g/mol. The number of hydrogen-bond acceptors (Lipinski definition) is 0. The van der Waals surface area contributed by atoms with Gasteiger partial charge in [-0.05, 0) is 96.9 Å². The zero-order valence-electron chi connectivity index (χ0n) is 17.8. The fourth-order valence-corrected chi connectivity index (χ4v) is 5.98. The average molecular weight is 375 g/mol. The number of benzene rings is 2. The maximum Gasteiger partial charge on any atom is -0.0162 e. The van der Waals surface area contributed by atoms with Gasteiger partial charge in [0, 0.05) is 0 Å². The molecule has 0 atom stereocenters. The lowest BCUT2D eigenvalue weighted by atomic mass is 9.68. The highest BCUT2D eigenvalue weighted by atomic mass is 14.4. The molecule has 2 fully saturated rings. The van der Waals surface area contributed by atoms with Crippen molar-refractivity contribution in [3.8, 4) is 0 Å². The second kappa shape index (κ2) is 9.29. The largest absolute Gasteiger partial charge is 0.103 e. The van der Waals surface area contributed by atoms with E-state index in [4.69, 9.17) is 0 Å². The van der Waals surface area contributed by atoms with Crippen LogP contribution in [0.3, 0.4) is 0 Å². The van der Waals surface area contributed by atoms with E-state index in [0.717, 1.165) is 36.5 Å². The number of allylic oxidation sites excluding steroid dienone is 1. The molecule has 0 heteroatoms. The third kappa shape index (κ3) is 4.53. The van der Waals surface area contributed by atoms with Gasteiger partial charge in [0.25, 0.3) is 0 Å². The second-order valence-corrected chi connectivity index (χ2v) is 9.57. The topological polar surface area (TPSA) is 0 Å². The van der Waals surface area contributed by atoms with Crippen LogP contribution >= 0.6 is 0 Å². The van der Waals surface area contributed by atoms with Gasteiger partial charge in [-0.2, -0.15) is 0 Å². The van der Waals surface area contributed by atoms with Crippen molar-refractivity contribution < 1.29 is 0 Å². The molecule has 0 nitrogen and oxygen atoms in total. The van der Waals surface area contributed by atoms with Crippen LogP contribution < -0.4 is 0 Å². The number of fused-ring (bicyclic) bond motifs is 1. The summed E-state index contributed by atoms with van der Waals surface area (Å²) < 4.78 is 0. The third-order valence-electron chi connectivity index (χ3n) is 7.94. The quantitative estimate of drug-likeness (QED) is 0.445. The molecule has 2 saturated carbocycles. The van der Waals surface area contributed by atoms with E-state index in [2.05, 4.69) is 49.9 Å². The Kier molecular flexibility index (Phi) is 6.55. The van der Waals surface area contributed by atoms with Crippen LogP contribution in [0.4, 0.5) is 0 Å². The summed E-state index contributed by atoms with van der Waals surface area (Å²) in [5.74, 6) is 3.87. The fraction of sp³-hybridized carbons (Fsp3) is 0.571. The van der Waals surface area contributed by atoms with Gasteiger partial charge in [0.15, 0.2) is 0 Å². The van der Waals surface area contributed by atoms with Gasteiger partial charge in [-0.25, -0.2) is 0 Å². The lowest BCUT2D eigenvalue weighted by molar-refractivity contribution is 0.158. The zero-order valence-corrected chi connectivity index (χ0v) is 17.8. The van der Waals surface area contributed by atoms with Crippen LogP contribution in [0.25, 0.3) is 10.8 Å². The first-order chi connectivity index (χ1) is 13.8. The summed E-state index contributed by atoms with van der Waals surface area (Å²) >= 11 is 0. The van der Waals surface area contributed by atoms with Crippen molar-refractivity contribution in [1.82, 2.24) is 0 Å². The minimum atomic E-state index is 0.785. The van der Waals surface area contributed by atoms with Crippen LogP contribution in [0, 0.1) is 17.8 Å². The molecule has 2 aromatic carbocycles. The summed E-state index contributed by atoms with van der Waals surface area (Å²) in [6, 6.07) is 14.3. The highest BCUT2D eigenvalue weighted by molar-refractivity contribution is 5.84. The highest BCUT2D eigenvalue weighted by Gasteiger charge is 2.30. The van der Waals surface area contributed by atoms with E-state index in [0.29, 0.717) is 0 Å². The lowest BCUT2D eigenvalue weighted by Gasteiger charge is -2.38. The minimum absolute atomic E-state index is 0.785. The third-order valence-corrected chi connectivity index (χ3v) is 7.94. The van der Waals surface area contributed by atoms with Crippen molar-refractivity contribution in [2.24, 2.45) is 17.8 Å². The molecule has 2 aliphatic rings. The van der Waals surface area contributed by atoms with Crippen LogP contribution in [0.5, 0.6) is 0 Å². The van der Waals surface area contributed by atoms with Crippen LogP contribution in [-0.2, 0) is 6.42 Å². The average Bonchev–Trinajstić information content (AvgIpc) is 2.77. The Morgan fingerprint density at radius 2 is 1.46 bits per heavy atom. The molecule has 0 aliphatic heterocycles. The Hall–Kier alpha value is -1.56. The molecule has 0 amide bonds. The Labute approximate surface area is 172 Å². The first-order valence-corrected chi connectivity index (χ1v) is 11.9. The van der Waals surface area contributed by atoms with Gasteiger partial charge in [-0.15, -0.1) is 6.58 Å². The van der Waals surface area contributed by atoms with Gasteiger partial charge in [0.2, 0.25) is 0 Å². The molecule has 4 rings (SSSR count). The molecule has 0 bridgehead atoms. The molecular formula is C28H38. The van der Waals surface area contributed by atoms with E-state index >= 15 is 0 Å². The lowest BCUT2D eigenvalue weighted by Crippen LogP contribution is -2.25. The maximum absolute atomic E-state index is 3.84. The molecule has 150 valence electrons. The first-order valence-electron chi connectivity index (χ1n) is 11.9. The highest BCUT2D eigenvalue weighted by Crippen LogP contribution is 2.44. The van der Waals surface area contributed by atoms with Crippen molar-refractivity contribution in [3.63, 3.8) is 0 Å². The minimum Gasteiger partial charge on any atom is -0.103 e. The summed E-state index contributed by atoms with van der Waals surface area (Å²) in [6.07, 6.45) is 17.3. The van der Waals surface area contributed by atoms with Crippen LogP contribution in [0.1, 0.15) is 88.2 Å². The van der Waals surface area contributed by atoms with Gasteiger partial charge in [0.05, 0.1) is 0 Å². The summed E-state index contributed by atoms with van der Waals surface area (Å²) in [5, 5.41) is 2.81. The SMILES string of the molecule is C=CCCc1ccc2cc(C3CCC(C4CCC(CC)CC4)CC3)ccc2c1. The van der Waals surface area contributed by atoms with E-state index in [1.54, 1.807) is 5.56 Å². The molecule has 0 heterocycles. The van der Waals surface area contributed by atoms with Gasteiger partial charge in [0.1, 0.15) is 0 Å². The molecule has 0 saturated heterocycles. The van der Waals surface area contributed by atoms with E-state index in [-0.39, 0.29) is 0 Å². The van der Waals surface area contributed by atoms with Gasteiger partial charge >= 0.3 is 0 Å². The Bertz CT molecular complexity index is 770. The Morgan fingerprint density at radius 3 is 2.14 bits per heavy atom. The smallest absolute Gasteiger partial charge is 0.0162 e. The number of aryl methyl sites for hydroxylation is 1. The van der Waals surface area contributed by atoms with Gasteiger partial charge < -0.3 is 0 Å². The van der Waals surface area contributed by atoms with Crippen molar-refractivity contribution in [2.45, 2.75) is 83.5 Å². The van der Waals surface area contributed by atoms with E-state index < -0.39 is 0 Å². The van der Waals surface area contributed by atoms with Crippen molar-refractivity contribution in [3.05, 3.63) is 60.2 Å². The van der Waals surface area contributed by atoms with Crippen molar-refractivity contribution in [1.29, 1.82) is 0 Å². The zero-order chi connectivity index (χ0) is 19.3. The van der Waals surface area contributed by atoms with Gasteiger partial charge in [-0.3, -0.25) is 0 Å². The summed E-state index contributed by atoms with van der Waals surface area (Å²) in [4.78, 5) is 0. The van der Waals surface area contributed by atoms with Crippen LogP contribution in [0.2, 0.25) is 0 Å². The molecule has 0 radical (unpaired) electrons. The fourth-order valence-electron chi connectivity index (χ4n) is 5.98. The monoisotopic (exact) mass is 374 g/mol. The molecule has 0 spiro atoms. The summed E-state index contributed by atoms with van der Waals surface area (Å²) in [5.41, 5.74) is 3.01. The Balaban J connectivity index is 1.36. The summed E-state index contributed by atoms with van der Waals surface area (Å²) in [6.45, 7) is 6.22. The predicted octanol–water partition coefficient (Wildman–Crippen LogP) is 8.45. The van der Waals surface area contributed by atoms with E-state index in [1.165, 1.54) is 74.1 Å². The molecule has 0 N–H and O–H groups in total. The molecule has 0 unspecified atom stereocenters. The Morgan fingerprint density at radius 1 is 0.821 bits per heavy atom. The molecule has 2 aliphatic carbocycles. The van der Waals surface area contributed by atoms with Crippen molar-refractivity contribution >= 4 is 10.8 Å². The van der Waals surface area contributed by atoms with Crippen LogP contribution in [0.15, 0.2) is 49.1 Å². The first kappa shape index (κ1) is 19.7. The molecule has 0 aromatic heterocycles. The second-order valence-electron chi connectivity index (χ2n) is 9.57.